The number of imidazole rings is 1. The highest BCUT2D eigenvalue weighted by Gasteiger charge is 2.17. The molecule has 2 aromatic rings. The molecule has 0 amide bonds. The van der Waals surface area contributed by atoms with Crippen LogP contribution in [0.2, 0.25) is 0 Å². The van der Waals surface area contributed by atoms with Gasteiger partial charge in [0.2, 0.25) is 5.75 Å². The van der Waals surface area contributed by atoms with E-state index in [-0.39, 0.29) is 6.61 Å². The average molecular weight is 280 g/mol. The minimum Gasteiger partial charge on any atom is -0.493 e. The first-order chi connectivity index (χ1) is 9.64. The number of aromatic amines is 2. The number of nitrogens with one attached hydrogen (secondary N) is 2. The molecule has 0 aliphatic carbocycles. The first-order valence-corrected chi connectivity index (χ1v) is 5.87. The topological polar surface area (TPSA) is 96.6 Å². The van der Waals surface area contributed by atoms with Gasteiger partial charge in [-0.2, -0.15) is 0 Å². The van der Waals surface area contributed by atoms with E-state index >= 15 is 0 Å². The van der Waals surface area contributed by atoms with Crippen LogP contribution in [0.4, 0.5) is 0 Å². The van der Waals surface area contributed by atoms with E-state index in [1.54, 1.807) is 12.1 Å². The summed E-state index contributed by atoms with van der Waals surface area (Å²) in [5.74, 6) is 1.39. The maximum absolute atomic E-state index is 11.4. The predicted octanol–water partition coefficient (Wildman–Crippen LogP) is 0.888. The van der Waals surface area contributed by atoms with Crippen LogP contribution in [0.15, 0.2) is 16.9 Å². The van der Waals surface area contributed by atoms with Gasteiger partial charge in [0.05, 0.1) is 39.3 Å². The molecule has 0 saturated carbocycles. The molecule has 0 spiro atoms. The van der Waals surface area contributed by atoms with Crippen molar-refractivity contribution in [3.63, 3.8) is 0 Å². The second-order valence-electron chi connectivity index (χ2n) is 4.00. The molecule has 0 aliphatic rings. The average Bonchev–Trinajstić information content (AvgIpc) is 2.86. The van der Waals surface area contributed by atoms with Crippen LogP contribution in [0.5, 0.6) is 17.2 Å². The molecule has 2 rings (SSSR count). The van der Waals surface area contributed by atoms with Gasteiger partial charge in [0.15, 0.2) is 11.5 Å². The van der Waals surface area contributed by atoms with E-state index in [4.69, 9.17) is 14.2 Å². The van der Waals surface area contributed by atoms with Crippen LogP contribution in [0.1, 0.15) is 5.69 Å². The Labute approximate surface area is 115 Å². The molecule has 0 radical (unpaired) electrons. The van der Waals surface area contributed by atoms with Gasteiger partial charge in [-0.25, -0.2) is 4.79 Å². The van der Waals surface area contributed by atoms with Crippen LogP contribution in [0, 0.1) is 0 Å². The summed E-state index contributed by atoms with van der Waals surface area (Å²) in [6, 6.07) is 3.39. The molecule has 0 aliphatic heterocycles. The number of methoxy groups -OCH3 is 3. The zero-order valence-corrected chi connectivity index (χ0v) is 11.4. The van der Waals surface area contributed by atoms with Gasteiger partial charge in [0.25, 0.3) is 0 Å². The minimum absolute atomic E-state index is 0.287. The first-order valence-electron chi connectivity index (χ1n) is 5.87. The van der Waals surface area contributed by atoms with E-state index in [0.717, 1.165) is 0 Å². The Morgan fingerprint density at radius 3 is 2.10 bits per heavy atom. The highest BCUT2D eigenvalue weighted by atomic mass is 16.5. The summed E-state index contributed by atoms with van der Waals surface area (Å²) in [5, 5.41) is 9.27. The van der Waals surface area contributed by atoms with Crippen molar-refractivity contribution >= 4 is 0 Å². The lowest BCUT2D eigenvalue weighted by molar-refractivity contribution is 0.278. The third-order valence-electron chi connectivity index (χ3n) is 2.92. The molecule has 0 saturated heterocycles. The van der Waals surface area contributed by atoms with Gasteiger partial charge in [-0.3, -0.25) is 0 Å². The van der Waals surface area contributed by atoms with E-state index < -0.39 is 5.69 Å². The van der Waals surface area contributed by atoms with Crippen LogP contribution < -0.4 is 19.9 Å². The Kier molecular flexibility index (Phi) is 3.99. The molecule has 3 N–H and O–H groups in total. The quantitative estimate of drug-likeness (QED) is 0.755. The molecule has 0 unspecified atom stereocenters. The van der Waals surface area contributed by atoms with Gasteiger partial charge in [-0.15, -0.1) is 0 Å². The smallest absolute Gasteiger partial charge is 0.323 e. The fraction of sp³-hybridized carbons (Fsp3) is 0.308. The number of aliphatic hydroxyl groups excluding tert-OH is 1. The van der Waals surface area contributed by atoms with Crippen molar-refractivity contribution in [1.82, 2.24) is 9.97 Å². The number of rotatable bonds is 5. The monoisotopic (exact) mass is 280 g/mol. The van der Waals surface area contributed by atoms with Crippen LogP contribution in [-0.4, -0.2) is 36.4 Å². The lowest BCUT2D eigenvalue weighted by Crippen LogP contribution is -2.01. The molecule has 0 atom stereocenters. The van der Waals surface area contributed by atoms with E-state index in [0.29, 0.717) is 34.2 Å². The third kappa shape index (κ3) is 2.35. The summed E-state index contributed by atoms with van der Waals surface area (Å²) < 4.78 is 15.7. The molecule has 0 bridgehead atoms. The summed E-state index contributed by atoms with van der Waals surface area (Å²) in [5.41, 5.74) is 1.13. The number of ether oxygens (including phenoxy) is 3. The van der Waals surface area contributed by atoms with Crippen LogP contribution >= 0.6 is 0 Å². The van der Waals surface area contributed by atoms with Gasteiger partial charge in [-0.05, 0) is 12.1 Å². The molecule has 108 valence electrons. The molecule has 7 nitrogen and oxygen atoms in total. The predicted molar refractivity (Wildman–Crippen MR) is 72.4 cm³/mol. The molecular weight excluding hydrogens is 264 g/mol. The molecule has 20 heavy (non-hydrogen) atoms. The van der Waals surface area contributed by atoms with Crippen molar-refractivity contribution < 1.29 is 19.3 Å². The van der Waals surface area contributed by atoms with E-state index in [9.17, 15) is 9.90 Å². The number of aliphatic hydroxyl groups is 1. The van der Waals surface area contributed by atoms with Gasteiger partial charge >= 0.3 is 5.69 Å². The van der Waals surface area contributed by atoms with Crippen molar-refractivity contribution in [1.29, 1.82) is 0 Å². The maximum Gasteiger partial charge on any atom is 0.323 e. The maximum atomic E-state index is 11.4. The third-order valence-corrected chi connectivity index (χ3v) is 2.92. The molecule has 1 aromatic carbocycles. The molecule has 0 fully saturated rings. The van der Waals surface area contributed by atoms with Crippen LogP contribution in [0.25, 0.3) is 11.3 Å². The van der Waals surface area contributed by atoms with E-state index in [1.165, 1.54) is 21.3 Å². The van der Waals surface area contributed by atoms with Gasteiger partial charge in [0, 0.05) is 5.56 Å². The summed E-state index contributed by atoms with van der Waals surface area (Å²) in [4.78, 5) is 16.5. The van der Waals surface area contributed by atoms with E-state index in [1.807, 2.05) is 0 Å². The van der Waals surface area contributed by atoms with Crippen LogP contribution in [-0.2, 0) is 6.61 Å². The largest absolute Gasteiger partial charge is 0.493 e. The second kappa shape index (κ2) is 5.70. The number of hydrogen-bond acceptors (Lipinski definition) is 5. The SMILES string of the molecule is COc1cc(-c2[nH]c(=O)[nH]c2CO)cc(OC)c1OC. The summed E-state index contributed by atoms with van der Waals surface area (Å²) in [6.07, 6.45) is 0. The highest BCUT2D eigenvalue weighted by Crippen LogP contribution is 2.41. The Hall–Kier alpha value is -2.41. The van der Waals surface area contributed by atoms with Crippen molar-refractivity contribution in [3.8, 4) is 28.5 Å². The first kappa shape index (κ1) is 14.0. The number of benzene rings is 1. The Bertz CT molecular complexity index is 634. The standard InChI is InChI=1S/C13H16N2O5/c1-18-9-4-7(5-10(19-2)12(9)20-3)11-8(6-16)14-13(17)15-11/h4-5,16H,6H2,1-3H3,(H2,14,15,17). The number of aromatic nitrogens is 2. The molecule has 1 heterocycles. The summed E-state index contributed by atoms with van der Waals surface area (Å²) in [6.45, 7) is -0.287. The second-order valence-corrected chi connectivity index (χ2v) is 4.00. The zero-order chi connectivity index (χ0) is 14.7. The Morgan fingerprint density at radius 1 is 1.05 bits per heavy atom. The molecular formula is C13H16N2O5. The lowest BCUT2D eigenvalue weighted by atomic mass is 10.1. The Balaban J connectivity index is 2.65. The number of H-pyrrole nitrogens is 2. The fourth-order valence-electron chi connectivity index (χ4n) is 2.01. The van der Waals surface area contributed by atoms with Crippen molar-refractivity contribution in [3.05, 3.63) is 28.3 Å². The van der Waals surface area contributed by atoms with Gasteiger partial charge < -0.3 is 29.3 Å². The number of hydrogen-bond donors (Lipinski definition) is 3. The summed E-state index contributed by atoms with van der Waals surface area (Å²) >= 11 is 0. The molecule has 7 heteroatoms. The van der Waals surface area contributed by atoms with Gasteiger partial charge in [0.1, 0.15) is 0 Å². The Morgan fingerprint density at radius 2 is 1.65 bits per heavy atom. The summed E-state index contributed by atoms with van der Waals surface area (Å²) in [7, 11) is 4.53. The molecule has 1 aromatic heterocycles. The lowest BCUT2D eigenvalue weighted by Gasteiger charge is -2.14. The van der Waals surface area contributed by atoms with E-state index in [2.05, 4.69) is 9.97 Å². The highest BCUT2D eigenvalue weighted by molar-refractivity contribution is 5.70. The van der Waals surface area contributed by atoms with Gasteiger partial charge in [-0.1, -0.05) is 0 Å². The van der Waals surface area contributed by atoms with Crippen LogP contribution in [0.3, 0.4) is 0 Å². The minimum atomic E-state index is -0.391. The normalized spacial score (nSPS) is 10.4. The van der Waals surface area contributed by atoms with Crippen molar-refractivity contribution in [2.24, 2.45) is 0 Å². The van der Waals surface area contributed by atoms with Crippen molar-refractivity contribution in [2.75, 3.05) is 21.3 Å². The zero-order valence-electron chi connectivity index (χ0n) is 11.4. The van der Waals surface area contributed by atoms with Crippen molar-refractivity contribution in [2.45, 2.75) is 6.61 Å². The fourth-order valence-corrected chi connectivity index (χ4v) is 2.01.